The van der Waals surface area contributed by atoms with E-state index in [1.807, 2.05) is 0 Å². The fourth-order valence-electron chi connectivity index (χ4n) is 1.90. The lowest BCUT2D eigenvalue weighted by atomic mass is 10.1. The van der Waals surface area contributed by atoms with Gasteiger partial charge in [-0.05, 0) is 17.7 Å². The van der Waals surface area contributed by atoms with E-state index in [4.69, 9.17) is 0 Å². The third-order valence-electron chi connectivity index (χ3n) is 2.96. The van der Waals surface area contributed by atoms with Crippen molar-refractivity contribution in [1.82, 2.24) is 19.9 Å². The summed E-state index contributed by atoms with van der Waals surface area (Å²) in [6.45, 7) is 0.350. The maximum atomic E-state index is 12.5. The number of nitrogens with one attached hydrogen (secondary N) is 2. The van der Waals surface area contributed by atoms with Gasteiger partial charge in [-0.2, -0.15) is 13.2 Å². The molecule has 2 N–H and O–H groups in total. The van der Waals surface area contributed by atoms with Gasteiger partial charge in [0.25, 0.3) is 0 Å². The Morgan fingerprint density at radius 3 is 2.52 bits per heavy atom. The van der Waals surface area contributed by atoms with E-state index in [1.54, 1.807) is 0 Å². The molecule has 0 saturated heterocycles. The molecule has 108 valence electrons. The molecule has 3 aromatic rings. The molecule has 0 radical (unpaired) electrons. The normalized spacial score (nSPS) is 11.8. The molecule has 0 amide bonds. The molecule has 0 aliphatic rings. The van der Waals surface area contributed by atoms with E-state index < -0.39 is 11.7 Å². The third-order valence-corrected chi connectivity index (χ3v) is 2.96. The molecule has 8 heteroatoms. The minimum Gasteiger partial charge on any atom is -0.364 e. The summed E-state index contributed by atoms with van der Waals surface area (Å²) in [5, 5.41) is 3.04. The molecule has 2 heterocycles. The summed E-state index contributed by atoms with van der Waals surface area (Å²) >= 11 is 0. The summed E-state index contributed by atoms with van der Waals surface area (Å²) in [5.74, 6) is 0.553. The Bertz CT molecular complexity index is 748. The lowest BCUT2D eigenvalue weighted by molar-refractivity contribution is -0.137. The first-order valence-corrected chi connectivity index (χ1v) is 6.08. The first-order chi connectivity index (χ1) is 10.0. The van der Waals surface area contributed by atoms with Gasteiger partial charge in [0.15, 0.2) is 11.5 Å². The smallest absolute Gasteiger partial charge is 0.364 e. The molecule has 0 fully saturated rings. The van der Waals surface area contributed by atoms with Crippen LogP contribution in [0, 0.1) is 0 Å². The second-order valence-electron chi connectivity index (χ2n) is 4.37. The highest BCUT2D eigenvalue weighted by Crippen LogP contribution is 2.29. The van der Waals surface area contributed by atoms with Crippen LogP contribution in [0.5, 0.6) is 0 Å². The van der Waals surface area contributed by atoms with Crippen LogP contribution in [0.25, 0.3) is 11.2 Å². The summed E-state index contributed by atoms with van der Waals surface area (Å²) < 4.78 is 37.4. The number of H-pyrrole nitrogens is 1. The Kier molecular flexibility index (Phi) is 3.20. The fraction of sp³-hybridized carbons (Fsp3) is 0.154. The number of halogens is 3. The molecule has 2 aromatic heterocycles. The van der Waals surface area contributed by atoms with Crippen molar-refractivity contribution in [3.05, 3.63) is 48.0 Å². The van der Waals surface area contributed by atoms with Crippen LogP contribution in [0.2, 0.25) is 0 Å². The number of nitrogens with zero attached hydrogens (tertiary/aromatic N) is 3. The molecule has 5 nitrogen and oxygen atoms in total. The van der Waals surface area contributed by atoms with Crippen molar-refractivity contribution in [2.75, 3.05) is 5.32 Å². The van der Waals surface area contributed by atoms with Crippen LogP contribution in [-0.4, -0.2) is 19.9 Å². The van der Waals surface area contributed by atoms with Gasteiger partial charge in [-0.15, -0.1) is 0 Å². The van der Waals surface area contributed by atoms with Gasteiger partial charge in [-0.25, -0.2) is 15.0 Å². The lowest BCUT2D eigenvalue weighted by Crippen LogP contribution is -2.06. The molecular formula is C13H10F3N5. The summed E-state index contributed by atoms with van der Waals surface area (Å²) in [7, 11) is 0. The number of benzene rings is 1. The molecule has 21 heavy (non-hydrogen) atoms. The average molecular weight is 293 g/mol. The zero-order chi connectivity index (χ0) is 14.9. The van der Waals surface area contributed by atoms with Crippen LogP contribution in [0.4, 0.5) is 19.0 Å². The molecule has 0 saturated carbocycles. The molecule has 1 aromatic carbocycles. The zero-order valence-corrected chi connectivity index (χ0v) is 10.6. The Balaban J connectivity index is 1.74. The zero-order valence-electron chi connectivity index (χ0n) is 10.6. The van der Waals surface area contributed by atoms with Gasteiger partial charge in [0, 0.05) is 6.54 Å². The first kappa shape index (κ1) is 13.3. The van der Waals surface area contributed by atoms with Crippen molar-refractivity contribution in [2.45, 2.75) is 12.7 Å². The largest absolute Gasteiger partial charge is 0.416 e. The topological polar surface area (TPSA) is 66.5 Å². The Labute approximate surface area is 117 Å². The van der Waals surface area contributed by atoms with Crippen molar-refractivity contribution in [3.63, 3.8) is 0 Å². The SMILES string of the molecule is FC(F)(F)c1ccc(CNc2ncnc3nc[nH]c23)cc1. The van der Waals surface area contributed by atoms with Gasteiger partial charge in [0.2, 0.25) is 0 Å². The summed E-state index contributed by atoms with van der Waals surface area (Å²) in [6.07, 6.45) is -1.44. The molecule has 0 bridgehead atoms. The summed E-state index contributed by atoms with van der Waals surface area (Å²) in [4.78, 5) is 15.0. The lowest BCUT2D eigenvalue weighted by Gasteiger charge is -2.09. The second kappa shape index (κ2) is 5.04. The standard InChI is InChI=1S/C13H10F3N5/c14-13(15,16)9-3-1-8(2-4-9)5-17-11-10-12(19-6-18-10)21-7-20-11/h1-4,6-7H,5H2,(H2,17,18,19,20,21). The minimum atomic E-state index is -4.32. The van der Waals surface area contributed by atoms with E-state index in [0.717, 1.165) is 12.1 Å². The van der Waals surface area contributed by atoms with Gasteiger partial charge in [0.1, 0.15) is 11.8 Å². The van der Waals surface area contributed by atoms with E-state index in [0.29, 0.717) is 29.1 Å². The van der Waals surface area contributed by atoms with Crippen molar-refractivity contribution in [1.29, 1.82) is 0 Å². The van der Waals surface area contributed by atoms with E-state index in [2.05, 4.69) is 25.3 Å². The molecule has 0 aliphatic carbocycles. The van der Waals surface area contributed by atoms with E-state index in [9.17, 15) is 13.2 Å². The molecule has 0 atom stereocenters. The number of hydrogen-bond donors (Lipinski definition) is 2. The van der Waals surface area contributed by atoms with E-state index >= 15 is 0 Å². The number of rotatable bonds is 3. The predicted molar refractivity (Wildman–Crippen MR) is 70.5 cm³/mol. The van der Waals surface area contributed by atoms with E-state index in [1.165, 1.54) is 24.8 Å². The molecule has 0 aliphatic heterocycles. The second-order valence-corrected chi connectivity index (χ2v) is 4.37. The van der Waals surface area contributed by atoms with Crippen molar-refractivity contribution >= 4 is 17.0 Å². The van der Waals surface area contributed by atoms with E-state index in [-0.39, 0.29) is 0 Å². The van der Waals surface area contributed by atoms with Gasteiger partial charge in [0.05, 0.1) is 11.9 Å². The third kappa shape index (κ3) is 2.78. The molecule has 0 unspecified atom stereocenters. The van der Waals surface area contributed by atoms with Gasteiger partial charge >= 0.3 is 6.18 Å². The highest BCUT2D eigenvalue weighted by Gasteiger charge is 2.29. The predicted octanol–water partition coefficient (Wildman–Crippen LogP) is 2.98. The molecule has 0 spiro atoms. The van der Waals surface area contributed by atoms with Crippen LogP contribution in [-0.2, 0) is 12.7 Å². The van der Waals surface area contributed by atoms with Crippen LogP contribution in [0.3, 0.4) is 0 Å². The highest BCUT2D eigenvalue weighted by atomic mass is 19.4. The monoisotopic (exact) mass is 293 g/mol. The van der Waals surface area contributed by atoms with Crippen molar-refractivity contribution in [3.8, 4) is 0 Å². The fourth-order valence-corrected chi connectivity index (χ4v) is 1.90. The Morgan fingerprint density at radius 1 is 1.05 bits per heavy atom. The number of aromatic amines is 1. The number of fused-ring (bicyclic) bond motifs is 1. The maximum Gasteiger partial charge on any atom is 0.416 e. The van der Waals surface area contributed by atoms with Crippen molar-refractivity contribution in [2.24, 2.45) is 0 Å². The number of anilines is 1. The molecular weight excluding hydrogens is 283 g/mol. The maximum absolute atomic E-state index is 12.5. The van der Waals surface area contributed by atoms with Crippen LogP contribution in [0.1, 0.15) is 11.1 Å². The Hall–Kier alpha value is -2.64. The van der Waals surface area contributed by atoms with Crippen LogP contribution in [0.15, 0.2) is 36.9 Å². The van der Waals surface area contributed by atoms with Gasteiger partial charge in [-0.1, -0.05) is 12.1 Å². The van der Waals surface area contributed by atoms with Gasteiger partial charge in [-0.3, -0.25) is 0 Å². The number of alkyl halides is 3. The summed E-state index contributed by atoms with van der Waals surface area (Å²) in [6, 6.07) is 4.98. The highest BCUT2D eigenvalue weighted by molar-refractivity contribution is 5.81. The van der Waals surface area contributed by atoms with Crippen LogP contribution < -0.4 is 5.32 Å². The quantitative estimate of drug-likeness (QED) is 0.779. The number of aromatic nitrogens is 4. The van der Waals surface area contributed by atoms with Gasteiger partial charge < -0.3 is 10.3 Å². The summed E-state index contributed by atoms with van der Waals surface area (Å²) in [5.41, 5.74) is 1.24. The van der Waals surface area contributed by atoms with Crippen LogP contribution >= 0.6 is 0 Å². The molecule has 3 rings (SSSR count). The minimum absolute atomic E-state index is 0.350. The number of imidazole rings is 1. The average Bonchev–Trinajstić information content (AvgIpc) is 2.93. The Morgan fingerprint density at radius 2 is 1.81 bits per heavy atom. The number of hydrogen-bond acceptors (Lipinski definition) is 4. The van der Waals surface area contributed by atoms with Crippen molar-refractivity contribution < 1.29 is 13.2 Å². The first-order valence-electron chi connectivity index (χ1n) is 6.08.